The van der Waals surface area contributed by atoms with Crippen molar-refractivity contribution in [3.8, 4) is 11.1 Å². The molecule has 1 atom stereocenters. The van der Waals surface area contributed by atoms with E-state index in [1.807, 2.05) is 12.1 Å². The van der Waals surface area contributed by atoms with E-state index in [1.165, 1.54) is 11.0 Å². The molecule has 1 aliphatic heterocycles. The summed E-state index contributed by atoms with van der Waals surface area (Å²) in [6, 6.07) is 8.20. The quantitative estimate of drug-likeness (QED) is 0.430. The van der Waals surface area contributed by atoms with Crippen LogP contribution < -0.4 is 10.2 Å². The molecule has 3 aromatic rings. The molecule has 1 saturated heterocycles. The molecular weight excluding hydrogens is 486 g/mol. The summed E-state index contributed by atoms with van der Waals surface area (Å²) in [5, 5.41) is 12.9. The number of ether oxygens (including phenoxy) is 1. The van der Waals surface area contributed by atoms with Gasteiger partial charge in [0.15, 0.2) is 4.84 Å². The van der Waals surface area contributed by atoms with Gasteiger partial charge in [0.2, 0.25) is 0 Å². The number of rotatable bonds is 9. The number of hydrogen-bond acceptors (Lipinski definition) is 6. The Balaban J connectivity index is 1.36. The summed E-state index contributed by atoms with van der Waals surface area (Å²) >= 11 is 11.0. The second-order valence-electron chi connectivity index (χ2n) is 7.68. The summed E-state index contributed by atoms with van der Waals surface area (Å²) in [6.45, 7) is 0.200. The minimum Gasteiger partial charge on any atom is -0.442 e. The summed E-state index contributed by atoms with van der Waals surface area (Å²) in [6.07, 6.45) is 4.53. The zero-order valence-corrected chi connectivity index (χ0v) is 19.4. The summed E-state index contributed by atoms with van der Waals surface area (Å²) in [4.78, 5) is 28.2. The lowest BCUT2D eigenvalue weighted by molar-refractivity contribution is -0.119. The fraction of sp³-hybridized carbons (Fsp3) is 0.318. The van der Waals surface area contributed by atoms with Crippen molar-refractivity contribution in [3.05, 3.63) is 59.9 Å². The van der Waals surface area contributed by atoms with Crippen LogP contribution in [0.5, 0.6) is 0 Å². The number of aryl methyl sites for hydroxylation is 2. The normalized spacial score (nSPS) is 15.6. The number of H-pyrrole nitrogens is 1. The molecule has 0 bridgehead atoms. The van der Waals surface area contributed by atoms with Crippen LogP contribution in [-0.4, -0.2) is 56.4 Å². The van der Waals surface area contributed by atoms with Crippen LogP contribution in [0, 0.1) is 5.82 Å². The van der Waals surface area contributed by atoms with Crippen LogP contribution in [0.25, 0.3) is 11.1 Å². The van der Waals surface area contributed by atoms with E-state index in [9.17, 15) is 14.0 Å². The Morgan fingerprint density at radius 2 is 2.06 bits per heavy atom. The number of hydrogen-bond donors (Lipinski definition) is 2. The predicted octanol–water partition coefficient (Wildman–Crippen LogP) is 3.43. The van der Waals surface area contributed by atoms with Gasteiger partial charge in [-0.05, 0) is 43.5 Å². The van der Waals surface area contributed by atoms with Gasteiger partial charge >= 0.3 is 6.09 Å². The Morgan fingerprint density at radius 3 is 2.74 bits per heavy atom. The number of anilines is 1. The van der Waals surface area contributed by atoms with Gasteiger partial charge in [-0.1, -0.05) is 29.3 Å². The lowest BCUT2D eigenvalue weighted by Gasteiger charge is -2.15. The second-order valence-corrected chi connectivity index (χ2v) is 8.78. The lowest BCUT2D eigenvalue weighted by atomic mass is 10.0. The summed E-state index contributed by atoms with van der Waals surface area (Å²) in [5.41, 5.74) is 3.15. The zero-order valence-electron chi connectivity index (χ0n) is 17.9. The number of halogens is 3. The van der Waals surface area contributed by atoms with E-state index >= 15 is 0 Å². The van der Waals surface area contributed by atoms with Gasteiger partial charge in [-0.3, -0.25) is 14.7 Å². The van der Waals surface area contributed by atoms with Gasteiger partial charge in [-0.15, -0.1) is 0 Å². The van der Waals surface area contributed by atoms with Crippen LogP contribution in [0.3, 0.4) is 0 Å². The van der Waals surface area contributed by atoms with E-state index in [-0.39, 0.29) is 13.1 Å². The molecule has 1 aliphatic rings. The molecule has 0 unspecified atom stereocenters. The van der Waals surface area contributed by atoms with Crippen molar-refractivity contribution in [1.82, 2.24) is 25.7 Å². The SMILES string of the molecule is O=C(NC[C@H]1CN(c2ccc(-c3ccc(CCCc4cn[nH]n4)nc3)c(F)c2)C(=O)O1)C(Cl)Cl. The molecule has 1 aromatic carbocycles. The fourth-order valence-electron chi connectivity index (χ4n) is 3.56. The van der Waals surface area contributed by atoms with Gasteiger partial charge in [0.1, 0.15) is 11.9 Å². The maximum Gasteiger partial charge on any atom is 0.414 e. The molecule has 2 aromatic heterocycles. The Bertz CT molecular complexity index is 1140. The van der Waals surface area contributed by atoms with Crippen LogP contribution in [0.4, 0.5) is 14.9 Å². The van der Waals surface area contributed by atoms with Gasteiger partial charge in [0.25, 0.3) is 5.91 Å². The standard InChI is InChI=1S/C22H21Cl2FN6O3/c23-20(24)21(32)27-11-17-12-31(22(33)34-17)16-6-7-18(19(25)8-16)13-4-5-14(26-9-13)2-1-3-15-10-28-30-29-15/h4-10,17,20H,1-3,11-12H2,(H,27,32)(H,28,29,30)/t17-/m0/s1. The largest absolute Gasteiger partial charge is 0.442 e. The molecular formula is C22H21Cl2FN6O3. The van der Waals surface area contributed by atoms with Gasteiger partial charge in [0.05, 0.1) is 30.7 Å². The minimum atomic E-state index is -1.21. The predicted molar refractivity (Wildman–Crippen MR) is 124 cm³/mol. The third-order valence-corrected chi connectivity index (χ3v) is 5.70. The van der Waals surface area contributed by atoms with Crippen LogP contribution in [-0.2, 0) is 22.4 Å². The first-order chi connectivity index (χ1) is 16.4. The molecule has 1 fully saturated rings. The molecule has 12 heteroatoms. The zero-order chi connectivity index (χ0) is 24.1. The number of nitrogens with zero attached hydrogens (tertiary/aromatic N) is 4. The summed E-state index contributed by atoms with van der Waals surface area (Å²) < 4.78 is 20.1. The number of benzene rings is 1. The number of aromatic nitrogens is 4. The van der Waals surface area contributed by atoms with Crippen molar-refractivity contribution in [2.45, 2.75) is 30.2 Å². The van der Waals surface area contributed by atoms with Crippen LogP contribution in [0.2, 0.25) is 0 Å². The first-order valence-electron chi connectivity index (χ1n) is 10.5. The topological polar surface area (TPSA) is 113 Å². The van der Waals surface area contributed by atoms with Crippen molar-refractivity contribution < 1.29 is 18.7 Å². The monoisotopic (exact) mass is 506 g/mol. The average molecular weight is 507 g/mol. The first kappa shape index (κ1) is 23.9. The number of aromatic amines is 1. The molecule has 178 valence electrons. The van der Waals surface area contributed by atoms with Gasteiger partial charge in [-0.25, -0.2) is 9.18 Å². The highest BCUT2D eigenvalue weighted by atomic mass is 35.5. The number of nitrogens with one attached hydrogen (secondary N) is 2. The molecule has 0 spiro atoms. The highest BCUT2D eigenvalue weighted by Gasteiger charge is 2.33. The third kappa shape index (κ3) is 5.81. The highest BCUT2D eigenvalue weighted by Crippen LogP contribution is 2.29. The smallest absolute Gasteiger partial charge is 0.414 e. The van der Waals surface area contributed by atoms with Crippen LogP contribution in [0.1, 0.15) is 17.8 Å². The van der Waals surface area contributed by atoms with E-state index in [2.05, 4.69) is 25.7 Å². The van der Waals surface area contributed by atoms with Gasteiger partial charge in [-0.2, -0.15) is 15.4 Å². The third-order valence-electron chi connectivity index (χ3n) is 5.31. The Labute approximate surface area is 204 Å². The number of cyclic esters (lactones) is 1. The first-order valence-corrected chi connectivity index (χ1v) is 11.4. The molecule has 0 saturated carbocycles. The van der Waals surface area contributed by atoms with Gasteiger partial charge in [0, 0.05) is 23.0 Å². The maximum absolute atomic E-state index is 14.9. The van der Waals surface area contributed by atoms with Crippen molar-refractivity contribution in [1.29, 1.82) is 0 Å². The lowest BCUT2D eigenvalue weighted by Crippen LogP contribution is -2.37. The van der Waals surface area contributed by atoms with E-state index in [1.54, 1.807) is 24.5 Å². The Morgan fingerprint density at radius 1 is 1.24 bits per heavy atom. The molecule has 4 rings (SSSR count). The molecule has 0 aliphatic carbocycles. The summed E-state index contributed by atoms with van der Waals surface area (Å²) in [5.74, 6) is -1.07. The van der Waals surface area contributed by atoms with E-state index < -0.39 is 28.8 Å². The Kier molecular flexibility index (Phi) is 7.59. The number of amides is 2. The maximum atomic E-state index is 14.9. The molecule has 0 radical (unpaired) electrons. The second kappa shape index (κ2) is 10.8. The van der Waals surface area contributed by atoms with Crippen molar-refractivity contribution in [2.75, 3.05) is 18.0 Å². The number of carbonyl (C=O) groups excluding carboxylic acids is 2. The molecule has 3 heterocycles. The van der Waals surface area contributed by atoms with Crippen molar-refractivity contribution in [3.63, 3.8) is 0 Å². The number of carbonyl (C=O) groups is 2. The van der Waals surface area contributed by atoms with Crippen LogP contribution in [0.15, 0.2) is 42.7 Å². The van der Waals surface area contributed by atoms with E-state index in [0.29, 0.717) is 16.8 Å². The Hall–Kier alpha value is -3.24. The average Bonchev–Trinajstić information content (AvgIpc) is 3.47. The van der Waals surface area contributed by atoms with E-state index in [0.717, 1.165) is 30.7 Å². The van der Waals surface area contributed by atoms with Gasteiger partial charge < -0.3 is 10.1 Å². The van der Waals surface area contributed by atoms with E-state index in [4.69, 9.17) is 27.9 Å². The fourth-order valence-corrected chi connectivity index (χ4v) is 3.72. The van der Waals surface area contributed by atoms with Crippen molar-refractivity contribution >= 4 is 40.9 Å². The summed E-state index contributed by atoms with van der Waals surface area (Å²) in [7, 11) is 0. The molecule has 34 heavy (non-hydrogen) atoms. The minimum absolute atomic E-state index is 0.0498. The van der Waals surface area contributed by atoms with Crippen LogP contribution >= 0.6 is 23.2 Å². The molecule has 9 nitrogen and oxygen atoms in total. The highest BCUT2D eigenvalue weighted by molar-refractivity contribution is 6.53. The number of alkyl halides is 2. The number of pyridine rings is 1. The van der Waals surface area contributed by atoms with Crippen molar-refractivity contribution in [2.24, 2.45) is 0 Å². The molecule has 2 N–H and O–H groups in total. The molecule has 2 amide bonds.